The van der Waals surface area contributed by atoms with Gasteiger partial charge in [-0.25, -0.2) is 4.68 Å². The maximum absolute atomic E-state index is 12.9. The molecule has 1 aromatic heterocycles. The molecule has 3 heterocycles. The van der Waals surface area contributed by atoms with E-state index in [0.29, 0.717) is 28.4 Å². The molecule has 0 aliphatic carbocycles. The lowest BCUT2D eigenvalue weighted by Crippen LogP contribution is -2.52. The van der Waals surface area contributed by atoms with E-state index in [-0.39, 0.29) is 30.5 Å². The molecule has 11 heteroatoms. The summed E-state index contributed by atoms with van der Waals surface area (Å²) in [6.07, 6.45) is 2.77. The highest BCUT2D eigenvalue weighted by atomic mass is 35.5. The van der Waals surface area contributed by atoms with Gasteiger partial charge in [-0.3, -0.25) is 24.5 Å². The molecule has 2 aromatic carbocycles. The third kappa shape index (κ3) is 4.40. The van der Waals surface area contributed by atoms with Gasteiger partial charge >= 0.3 is 0 Å². The number of aromatic nitrogens is 3. The van der Waals surface area contributed by atoms with Crippen molar-refractivity contribution in [3.8, 4) is 5.69 Å². The molecule has 2 aliphatic rings. The summed E-state index contributed by atoms with van der Waals surface area (Å²) in [6.45, 7) is 2.24. The molecular weight excluding hydrogens is 472 g/mol. The Labute approximate surface area is 205 Å². The number of nitrogens with one attached hydrogen (secondary N) is 2. The zero-order valence-electron chi connectivity index (χ0n) is 18.7. The second-order valence-electron chi connectivity index (χ2n) is 8.45. The van der Waals surface area contributed by atoms with Crippen molar-refractivity contribution in [3.63, 3.8) is 0 Å². The number of fused-ring (bicyclic) bond motifs is 1. The fourth-order valence-corrected chi connectivity index (χ4v) is 4.58. The Morgan fingerprint density at radius 3 is 2.80 bits per heavy atom. The van der Waals surface area contributed by atoms with Crippen LogP contribution >= 0.6 is 11.6 Å². The lowest BCUT2D eigenvalue weighted by Gasteiger charge is -2.29. The van der Waals surface area contributed by atoms with E-state index < -0.39 is 17.9 Å². The molecule has 1 atom stereocenters. The Morgan fingerprint density at radius 1 is 1.20 bits per heavy atom. The number of imide groups is 1. The van der Waals surface area contributed by atoms with E-state index >= 15 is 0 Å². The molecule has 1 unspecified atom stereocenters. The van der Waals surface area contributed by atoms with Gasteiger partial charge in [0.1, 0.15) is 6.04 Å². The van der Waals surface area contributed by atoms with Crippen LogP contribution in [0.5, 0.6) is 0 Å². The molecule has 1 fully saturated rings. The van der Waals surface area contributed by atoms with Crippen molar-refractivity contribution in [2.45, 2.75) is 38.8 Å². The fraction of sp³-hybridized carbons (Fsp3) is 0.250. The summed E-state index contributed by atoms with van der Waals surface area (Å²) in [5, 5.41) is 13.6. The summed E-state index contributed by atoms with van der Waals surface area (Å²) in [6, 6.07) is 9.81. The fourth-order valence-electron chi connectivity index (χ4n) is 4.32. The predicted octanol–water partition coefficient (Wildman–Crippen LogP) is 2.50. The van der Waals surface area contributed by atoms with Crippen LogP contribution in [0.1, 0.15) is 51.7 Å². The summed E-state index contributed by atoms with van der Waals surface area (Å²) in [5.74, 6) is -1.47. The summed E-state index contributed by atoms with van der Waals surface area (Å²) >= 11 is 6.13. The summed E-state index contributed by atoms with van der Waals surface area (Å²) in [5.41, 5.74) is 3.51. The Kier molecular flexibility index (Phi) is 5.81. The van der Waals surface area contributed by atoms with Crippen molar-refractivity contribution >= 4 is 40.9 Å². The van der Waals surface area contributed by atoms with Gasteiger partial charge in [0.25, 0.3) is 11.8 Å². The molecule has 3 aromatic rings. The SMILES string of the molecule is CCc1cc(Cl)cc(NC(=O)c2cn(-c3ccc4c(c3)CN(C3CCC(=O)NC3=O)C4=O)nn2)c1. The zero-order valence-corrected chi connectivity index (χ0v) is 19.5. The van der Waals surface area contributed by atoms with E-state index in [4.69, 9.17) is 11.6 Å². The summed E-state index contributed by atoms with van der Waals surface area (Å²) < 4.78 is 1.45. The van der Waals surface area contributed by atoms with E-state index in [1.807, 2.05) is 19.1 Å². The van der Waals surface area contributed by atoms with Crippen LogP contribution in [0.4, 0.5) is 5.69 Å². The maximum atomic E-state index is 12.9. The number of halogens is 1. The van der Waals surface area contributed by atoms with Crippen molar-refractivity contribution in [1.29, 1.82) is 0 Å². The van der Waals surface area contributed by atoms with Crippen LogP contribution in [0.2, 0.25) is 5.02 Å². The van der Waals surface area contributed by atoms with Crippen molar-refractivity contribution in [3.05, 3.63) is 70.0 Å². The van der Waals surface area contributed by atoms with Gasteiger partial charge in [-0.1, -0.05) is 23.7 Å². The second kappa shape index (κ2) is 8.95. The molecule has 0 bridgehead atoms. The minimum absolute atomic E-state index is 0.116. The lowest BCUT2D eigenvalue weighted by molar-refractivity contribution is -0.136. The van der Waals surface area contributed by atoms with Crippen molar-refractivity contribution in [2.75, 3.05) is 5.32 Å². The minimum Gasteiger partial charge on any atom is -0.322 e. The highest BCUT2D eigenvalue weighted by Crippen LogP contribution is 2.29. The first kappa shape index (κ1) is 22.7. The van der Waals surface area contributed by atoms with Crippen LogP contribution < -0.4 is 10.6 Å². The minimum atomic E-state index is -0.683. The largest absolute Gasteiger partial charge is 0.322 e. The molecule has 0 saturated carbocycles. The number of hydrogen-bond acceptors (Lipinski definition) is 6. The molecule has 1 saturated heterocycles. The lowest BCUT2D eigenvalue weighted by atomic mass is 10.0. The predicted molar refractivity (Wildman–Crippen MR) is 126 cm³/mol. The average molecular weight is 493 g/mol. The number of anilines is 1. The Hall–Kier alpha value is -4.05. The topological polar surface area (TPSA) is 126 Å². The van der Waals surface area contributed by atoms with Crippen molar-refractivity contribution in [2.24, 2.45) is 0 Å². The Balaban J connectivity index is 1.33. The molecule has 0 radical (unpaired) electrons. The molecule has 10 nitrogen and oxygen atoms in total. The molecule has 4 amide bonds. The Morgan fingerprint density at radius 2 is 2.03 bits per heavy atom. The second-order valence-corrected chi connectivity index (χ2v) is 8.88. The number of carbonyl (C=O) groups is 4. The van der Waals surface area contributed by atoms with Gasteiger partial charge < -0.3 is 10.2 Å². The monoisotopic (exact) mass is 492 g/mol. The molecule has 2 N–H and O–H groups in total. The van der Waals surface area contributed by atoms with Crippen molar-refractivity contribution < 1.29 is 19.2 Å². The number of aryl methyl sites for hydroxylation is 1. The number of piperidine rings is 1. The normalized spacial score (nSPS) is 17.4. The highest BCUT2D eigenvalue weighted by Gasteiger charge is 2.39. The van der Waals surface area contributed by atoms with E-state index in [0.717, 1.165) is 17.5 Å². The maximum Gasteiger partial charge on any atom is 0.277 e. The van der Waals surface area contributed by atoms with Gasteiger partial charge in [-0.15, -0.1) is 5.10 Å². The van der Waals surface area contributed by atoms with Gasteiger partial charge in [0, 0.05) is 29.2 Å². The third-order valence-electron chi connectivity index (χ3n) is 6.12. The van der Waals surface area contributed by atoms with Crippen LogP contribution in [0.25, 0.3) is 5.69 Å². The van der Waals surface area contributed by atoms with Gasteiger partial charge in [0.2, 0.25) is 11.8 Å². The van der Waals surface area contributed by atoms with Gasteiger partial charge in [-0.2, -0.15) is 0 Å². The first-order valence-corrected chi connectivity index (χ1v) is 11.5. The summed E-state index contributed by atoms with van der Waals surface area (Å²) in [4.78, 5) is 50.7. The number of rotatable bonds is 5. The number of nitrogens with zero attached hydrogens (tertiary/aromatic N) is 4. The van der Waals surface area contributed by atoms with Gasteiger partial charge in [0.05, 0.1) is 11.9 Å². The van der Waals surface area contributed by atoms with Crippen LogP contribution in [-0.2, 0) is 22.6 Å². The van der Waals surface area contributed by atoms with E-state index in [1.54, 1.807) is 24.3 Å². The van der Waals surface area contributed by atoms with Gasteiger partial charge in [0.15, 0.2) is 5.69 Å². The molecule has 2 aliphatic heterocycles. The first-order chi connectivity index (χ1) is 16.8. The van der Waals surface area contributed by atoms with Crippen LogP contribution in [-0.4, -0.2) is 49.6 Å². The van der Waals surface area contributed by atoms with E-state index in [1.165, 1.54) is 15.8 Å². The third-order valence-corrected chi connectivity index (χ3v) is 6.34. The zero-order chi connectivity index (χ0) is 24.7. The molecule has 35 heavy (non-hydrogen) atoms. The standard InChI is InChI=1S/C24H21ClN6O4/c1-2-13-7-15(25)10-16(8-13)26-22(33)19-12-31(29-28-19)17-3-4-18-14(9-17)11-30(24(18)35)20-5-6-21(32)27-23(20)34/h3-4,7-10,12,20H,2,5-6,11H2,1H3,(H,26,33)(H,27,32,34). The number of hydrogen-bond donors (Lipinski definition) is 2. The number of amides is 4. The van der Waals surface area contributed by atoms with Crippen LogP contribution in [0.15, 0.2) is 42.6 Å². The Bertz CT molecular complexity index is 1380. The molecular formula is C24H21ClN6O4. The van der Waals surface area contributed by atoms with Crippen LogP contribution in [0.3, 0.4) is 0 Å². The average Bonchev–Trinajstić information content (AvgIpc) is 3.44. The first-order valence-electron chi connectivity index (χ1n) is 11.1. The van der Waals surface area contributed by atoms with E-state index in [9.17, 15) is 19.2 Å². The summed E-state index contributed by atoms with van der Waals surface area (Å²) in [7, 11) is 0. The smallest absolute Gasteiger partial charge is 0.277 e. The van der Waals surface area contributed by atoms with E-state index in [2.05, 4.69) is 20.9 Å². The van der Waals surface area contributed by atoms with Crippen LogP contribution in [0, 0.1) is 0 Å². The van der Waals surface area contributed by atoms with Crippen molar-refractivity contribution in [1.82, 2.24) is 25.2 Å². The number of carbonyl (C=O) groups excluding carboxylic acids is 4. The number of benzene rings is 2. The highest BCUT2D eigenvalue weighted by molar-refractivity contribution is 6.31. The van der Waals surface area contributed by atoms with Gasteiger partial charge in [-0.05, 0) is 60.4 Å². The quantitative estimate of drug-likeness (QED) is 0.527. The molecule has 0 spiro atoms. The molecule has 178 valence electrons. The molecule has 5 rings (SSSR count).